The van der Waals surface area contributed by atoms with Crippen LogP contribution in [0.2, 0.25) is 0 Å². The number of benzene rings is 2. The molecular weight excluding hydrogens is 492 g/mol. The van der Waals surface area contributed by atoms with Crippen molar-refractivity contribution in [2.45, 2.75) is 18.9 Å². The predicted octanol–water partition coefficient (Wildman–Crippen LogP) is 4.44. The van der Waals surface area contributed by atoms with Crippen LogP contribution in [0.5, 0.6) is 5.75 Å². The Morgan fingerprint density at radius 1 is 1.13 bits per heavy atom. The Morgan fingerprint density at radius 3 is 2.67 bits per heavy atom. The van der Waals surface area contributed by atoms with Crippen molar-refractivity contribution in [3.63, 3.8) is 0 Å². The van der Waals surface area contributed by atoms with Gasteiger partial charge in [0, 0.05) is 43.2 Å². The molecule has 0 saturated carbocycles. The Morgan fingerprint density at radius 2 is 1.92 bits per heavy atom. The van der Waals surface area contributed by atoms with E-state index in [0.29, 0.717) is 29.0 Å². The van der Waals surface area contributed by atoms with Crippen LogP contribution in [0.15, 0.2) is 61.6 Å². The lowest BCUT2D eigenvalue weighted by Gasteiger charge is -2.37. The number of aromatic nitrogens is 4. The Hall–Kier alpha value is -4.44. The van der Waals surface area contributed by atoms with Crippen LogP contribution >= 0.6 is 0 Å². The number of nitrogens with zero attached hydrogens (tertiary/aromatic N) is 6. The summed E-state index contributed by atoms with van der Waals surface area (Å²) >= 11 is 0. The minimum Gasteiger partial charge on any atom is -0.494 e. The molecule has 0 radical (unpaired) electrons. The largest absolute Gasteiger partial charge is 0.494 e. The molecule has 1 aliphatic heterocycles. The number of hydrogen-bond acceptors (Lipinski definition) is 8. The van der Waals surface area contributed by atoms with Crippen LogP contribution in [0.3, 0.4) is 0 Å². The maximum Gasteiger partial charge on any atom is 0.247 e. The maximum absolute atomic E-state index is 12.4. The number of fused-ring (bicyclic) bond motifs is 1. The zero-order valence-corrected chi connectivity index (χ0v) is 22.8. The molecule has 10 heteroatoms. The highest BCUT2D eigenvalue weighted by molar-refractivity contribution is 6.02. The number of carbonyl (C=O) groups is 1. The molecule has 0 bridgehead atoms. The Labute approximate surface area is 228 Å². The van der Waals surface area contributed by atoms with Gasteiger partial charge >= 0.3 is 0 Å². The molecule has 0 spiro atoms. The highest BCUT2D eigenvalue weighted by Gasteiger charge is 2.24. The van der Waals surface area contributed by atoms with Crippen LogP contribution in [0.1, 0.15) is 12.8 Å². The molecule has 1 amide bonds. The molecule has 1 saturated heterocycles. The molecule has 4 aromatic rings. The lowest BCUT2D eigenvalue weighted by molar-refractivity contribution is -0.111. The van der Waals surface area contributed by atoms with Crippen LogP contribution in [0, 0.1) is 0 Å². The van der Waals surface area contributed by atoms with Crippen molar-refractivity contribution in [2.75, 3.05) is 49.8 Å². The van der Waals surface area contributed by atoms with Gasteiger partial charge in [-0.2, -0.15) is 5.10 Å². The standard InChI is InChI=1S/C29H34N8O2/c1-6-29(38)34-23-14-24(27(39-5)16-26(23)36(3)21-9-11-35(2)12-10-21)33-28-15-22(30-18-31-28)19-7-8-20-17-32-37(4)25(20)13-19/h6-8,13-18,21H,1,9-12H2,2-5H3,(H,34,38)(H,30,31,33). The minimum absolute atomic E-state index is 0.279. The number of carbonyl (C=O) groups excluding carboxylic acids is 1. The topological polar surface area (TPSA) is 100 Å². The van der Waals surface area contributed by atoms with Crippen LogP contribution in [0.25, 0.3) is 22.2 Å². The number of rotatable bonds is 8. The Kier molecular flexibility index (Phi) is 7.47. The van der Waals surface area contributed by atoms with Gasteiger partial charge in [0.05, 0.1) is 41.6 Å². The third kappa shape index (κ3) is 5.56. The summed E-state index contributed by atoms with van der Waals surface area (Å²) in [7, 11) is 7.76. The first-order valence-electron chi connectivity index (χ1n) is 12.9. The zero-order valence-electron chi connectivity index (χ0n) is 22.8. The molecule has 2 aromatic heterocycles. The summed E-state index contributed by atoms with van der Waals surface area (Å²) in [5.41, 5.74) is 4.97. The van der Waals surface area contributed by atoms with Crippen molar-refractivity contribution in [3.8, 4) is 17.0 Å². The summed E-state index contributed by atoms with van der Waals surface area (Å²) in [6.45, 7) is 5.68. The van der Waals surface area contributed by atoms with Gasteiger partial charge in [0.1, 0.15) is 17.9 Å². The molecule has 202 valence electrons. The van der Waals surface area contributed by atoms with E-state index in [1.54, 1.807) is 7.11 Å². The van der Waals surface area contributed by atoms with Crippen LogP contribution < -0.4 is 20.3 Å². The van der Waals surface area contributed by atoms with E-state index in [2.05, 4.69) is 62.2 Å². The van der Waals surface area contributed by atoms with Crippen molar-refractivity contribution in [3.05, 3.63) is 61.6 Å². The van der Waals surface area contributed by atoms with E-state index in [-0.39, 0.29) is 5.91 Å². The number of piperidine rings is 1. The van der Waals surface area contributed by atoms with E-state index in [9.17, 15) is 4.79 Å². The molecule has 0 unspecified atom stereocenters. The summed E-state index contributed by atoms with van der Waals surface area (Å²) in [6, 6.07) is 12.2. The van der Waals surface area contributed by atoms with E-state index >= 15 is 0 Å². The lowest BCUT2D eigenvalue weighted by atomic mass is 10.0. The number of likely N-dealkylation sites (tertiary alicyclic amines) is 1. The van der Waals surface area contributed by atoms with Crippen LogP contribution in [-0.2, 0) is 11.8 Å². The summed E-state index contributed by atoms with van der Waals surface area (Å²) in [5, 5.41) is 11.7. The zero-order chi connectivity index (χ0) is 27.5. The second-order valence-electron chi connectivity index (χ2n) is 9.86. The fourth-order valence-corrected chi connectivity index (χ4v) is 5.02. The Bertz CT molecular complexity index is 1510. The van der Waals surface area contributed by atoms with E-state index < -0.39 is 0 Å². The summed E-state index contributed by atoms with van der Waals surface area (Å²) in [4.78, 5) is 25.9. The number of anilines is 4. The molecule has 1 aliphatic rings. The van der Waals surface area contributed by atoms with Gasteiger partial charge in [-0.25, -0.2) is 9.97 Å². The van der Waals surface area contributed by atoms with Gasteiger partial charge in [-0.1, -0.05) is 18.7 Å². The number of amides is 1. The fourth-order valence-electron chi connectivity index (χ4n) is 5.02. The SMILES string of the molecule is C=CC(=O)Nc1cc(Nc2cc(-c3ccc4cnn(C)c4c3)ncn2)c(OC)cc1N(C)C1CCN(C)CC1. The van der Waals surface area contributed by atoms with Crippen LogP contribution in [0.4, 0.5) is 22.9 Å². The van der Waals surface area contributed by atoms with E-state index in [1.807, 2.05) is 48.3 Å². The van der Waals surface area contributed by atoms with Crippen molar-refractivity contribution < 1.29 is 9.53 Å². The van der Waals surface area contributed by atoms with Gasteiger partial charge in [-0.3, -0.25) is 9.48 Å². The normalized spacial score (nSPS) is 14.3. The highest BCUT2D eigenvalue weighted by atomic mass is 16.5. The first-order valence-corrected chi connectivity index (χ1v) is 12.9. The van der Waals surface area contributed by atoms with Gasteiger partial charge in [0.15, 0.2) is 0 Å². The monoisotopic (exact) mass is 526 g/mol. The van der Waals surface area contributed by atoms with Gasteiger partial charge < -0.3 is 25.2 Å². The van der Waals surface area contributed by atoms with Crippen LogP contribution in [-0.4, -0.2) is 70.9 Å². The molecule has 39 heavy (non-hydrogen) atoms. The third-order valence-corrected chi connectivity index (χ3v) is 7.35. The van der Waals surface area contributed by atoms with Crippen molar-refractivity contribution in [1.82, 2.24) is 24.6 Å². The second kappa shape index (κ2) is 11.1. The third-order valence-electron chi connectivity index (χ3n) is 7.35. The fraction of sp³-hybridized carbons (Fsp3) is 0.310. The van der Waals surface area contributed by atoms with Crippen molar-refractivity contribution in [2.24, 2.45) is 7.05 Å². The quantitative estimate of drug-likeness (QED) is 0.325. The summed E-state index contributed by atoms with van der Waals surface area (Å²) < 4.78 is 7.62. The maximum atomic E-state index is 12.4. The summed E-state index contributed by atoms with van der Waals surface area (Å²) in [6.07, 6.45) is 6.72. The molecule has 2 aromatic carbocycles. The first kappa shape index (κ1) is 26.2. The molecular formula is C29H34N8O2. The van der Waals surface area contributed by atoms with Crippen molar-refractivity contribution in [1.29, 1.82) is 0 Å². The lowest BCUT2D eigenvalue weighted by Crippen LogP contribution is -2.42. The number of ether oxygens (including phenoxy) is 1. The average Bonchev–Trinajstić information content (AvgIpc) is 3.33. The van der Waals surface area contributed by atoms with E-state index in [4.69, 9.17) is 4.74 Å². The second-order valence-corrected chi connectivity index (χ2v) is 9.86. The summed E-state index contributed by atoms with van der Waals surface area (Å²) in [5.74, 6) is 0.956. The molecule has 0 atom stereocenters. The van der Waals surface area contributed by atoms with E-state index in [1.165, 1.54) is 12.4 Å². The van der Waals surface area contributed by atoms with Gasteiger partial charge in [0.25, 0.3) is 0 Å². The van der Waals surface area contributed by atoms with E-state index in [0.717, 1.165) is 53.8 Å². The average molecular weight is 527 g/mol. The van der Waals surface area contributed by atoms with Gasteiger partial charge in [0.2, 0.25) is 5.91 Å². The molecule has 3 heterocycles. The highest BCUT2D eigenvalue weighted by Crippen LogP contribution is 2.39. The number of hydrogen-bond donors (Lipinski definition) is 2. The number of methoxy groups -OCH3 is 1. The molecule has 2 N–H and O–H groups in total. The smallest absolute Gasteiger partial charge is 0.247 e. The molecule has 5 rings (SSSR count). The predicted molar refractivity (Wildman–Crippen MR) is 156 cm³/mol. The minimum atomic E-state index is -0.279. The molecule has 10 nitrogen and oxygen atoms in total. The molecule has 1 fully saturated rings. The Balaban J connectivity index is 1.48. The first-order chi connectivity index (χ1) is 18.9. The van der Waals surface area contributed by atoms with Gasteiger partial charge in [-0.05, 0) is 51.2 Å². The number of aryl methyl sites for hydroxylation is 1. The van der Waals surface area contributed by atoms with Gasteiger partial charge in [-0.15, -0.1) is 0 Å². The number of nitrogens with one attached hydrogen (secondary N) is 2. The van der Waals surface area contributed by atoms with Crippen molar-refractivity contribution >= 4 is 39.7 Å². The molecule has 0 aliphatic carbocycles.